The van der Waals surface area contributed by atoms with Crippen LogP contribution in [0.15, 0.2) is 54.7 Å². The van der Waals surface area contributed by atoms with Crippen LogP contribution in [0.5, 0.6) is 0 Å². The van der Waals surface area contributed by atoms with E-state index in [1.54, 1.807) is 6.07 Å². The Morgan fingerprint density at radius 2 is 1.93 bits per heavy atom. The number of benzene rings is 2. The number of aryl methyl sites for hydroxylation is 1. The van der Waals surface area contributed by atoms with E-state index in [1.807, 2.05) is 48.7 Å². The molecular formula is C21H21ClN2O3. The van der Waals surface area contributed by atoms with E-state index >= 15 is 0 Å². The number of hydrogen-bond acceptors (Lipinski definition) is 3. The van der Waals surface area contributed by atoms with Crippen LogP contribution in [0.4, 0.5) is 0 Å². The lowest BCUT2D eigenvalue weighted by Crippen LogP contribution is -2.30. The standard InChI is InChI=1S/C21H21ClN2O3/c22-17-5-3-4-15(12-17)10-11-23-20(25)14-27-21(26)9-8-16-13-24-19-7-2-1-6-18(16)19/h1-7,12-13,24H,8-11,14H2,(H,23,25). The molecule has 2 N–H and O–H groups in total. The molecule has 0 aliphatic rings. The van der Waals surface area contributed by atoms with Crippen LogP contribution < -0.4 is 5.32 Å². The largest absolute Gasteiger partial charge is 0.456 e. The second kappa shape index (κ2) is 9.24. The molecule has 6 heteroatoms. The molecule has 3 aromatic rings. The first-order valence-corrected chi connectivity index (χ1v) is 9.21. The predicted octanol–water partition coefficient (Wildman–Crippen LogP) is 3.66. The van der Waals surface area contributed by atoms with Gasteiger partial charge in [0.05, 0.1) is 0 Å². The molecule has 5 nitrogen and oxygen atoms in total. The lowest BCUT2D eigenvalue weighted by Gasteiger charge is -2.07. The molecule has 0 atom stereocenters. The highest BCUT2D eigenvalue weighted by atomic mass is 35.5. The SMILES string of the molecule is O=C(COC(=O)CCc1c[nH]c2ccccc12)NCCc1cccc(Cl)c1. The molecule has 3 rings (SSSR count). The second-order valence-electron chi connectivity index (χ2n) is 6.25. The minimum Gasteiger partial charge on any atom is -0.456 e. The van der Waals surface area contributed by atoms with Crippen LogP contribution in [0.2, 0.25) is 5.02 Å². The van der Waals surface area contributed by atoms with Crippen LogP contribution in [0.1, 0.15) is 17.5 Å². The average Bonchev–Trinajstić information content (AvgIpc) is 3.08. The van der Waals surface area contributed by atoms with E-state index in [1.165, 1.54) is 0 Å². The number of para-hydroxylation sites is 1. The monoisotopic (exact) mass is 384 g/mol. The molecule has 1 heterocycles. The zero-order valence-corrected chi connectivity index (χ0v) is 15.6. The maximum Gasteiger partial charge on any atom is 0.306 e. The number of aromatic nitrogens is 1. The van der Waals surface area contributed by atoms with Crippen LogP contribution in [0, 0.1) is 0 Å². The number of esters is 1. The quantitative estimate of drug-likeness (QED) is 0.582. The maximum absolute atomic E-state index is 11.9. The van der Waals surface area contributed by atoms with Crippen molar-refractivity contribution in [1.82, 2.24) is 10.3 Å². The highest BCUT2D eigenvalue weighted by Gasteiger charge is 2.10. The van der Waals surface area contributed by atoms with Crippen molar-refractivity contribution in [3.63, 3.8) is 0 Å². The first-order valence-electron chi connectivity index (χ1n) is 8.83. The first-order chi connectivity index (χ1) is 13.1. The maximum atomic E-state index is 11.9. The van der Waals surface area contributed by atoms with Gasteiger partial charge in [-0.2, -0.15) is 0 Å². The minimum absolute atomic E-state index is 0.234. The lowest BCUT2D eigenvalue weighted by molar-refractivity contribution is -0.148. The molecular weight excluding hydrogens is 364 g/mol. The molecule has 0 fully saturated rings. The Morgan fingerprint density at radius 3 is 2.78 bits per heavy atom. The summed E-state index contributed by atoms with van der Waals surface area (Å²) in [6.45, 7) is 0.203. The fraction of sp³-hybridized carbons (Fsp3) is 0.238. The normalized spacial score (nSPS) is 10.7. The molecule has 0 aliphatic heterocycles. The van der Waals surface area contributed by atoms with Crippen LogP contribution in [0.3, 0.4) is 0 Å². The lowest BCUT2D eigenvalue weighted by atomic mass is 10.1. The predicted molar refractivity (Wildman–Crippen MR) is 106 cm³/mol. The molecule has 0 saturated carbocycles. The molecule has 0 spiro atoms. The van der Waals surface area contributed by atoms with Crippen molar-refractivity contribution in [3.05, 3.63) is 70.9 Å². The Morgan fingerprint density at radius 1 is 1.07 bits per heavy atom. The Kier molecular flexibility index (Phi) is 6.49. The zero-order chi connectivity index (χ0) is 19.1. The van der Waals surface area contributed by atoms with E-state index in [9.17, 15) is 9.59 Å². The number of ether oxygens (including phenoxy) is 1. The summed E-state index contributed by atoms with van der Waals surface area (Å²) < 4.78 is 5.05. The van der Waals surface area contributed by atoms with Crippen LogP contribution >= 0.6 is 11.6 Å². The molecule has 2 aromatic carbocycles. The second-order valence-corrected chi connectivity index (χ2v) is 6.69. The van der Waals surface area contributed by atoms with Gasteiger partial charge in [-0.15, -0.1) is 0 Å². The summed E-state index contributed by atoms with van der Waals surface area (Å²) >= 11 is 5.92. The number of aromatic amines is 1. The van der Waals surface area contributed by atoms with Crippen LogP contribution in [-0.2, 0) is 27.2 Å². The van der Waals surface area contributed by atoms with Crippen molar-refractivity contribution < 1.29 is 14.3 Å². The summed E-state index contributed by atoms with van der Waals surface area (Å²) in [5.41, 5.74) is 3.15. The summed E-state index contributed by atoms with van der Waals surface area (Å²) in [5, 5.41) is 4.51. The van der Waals surface area contributed by atoms with Gasteiger partial charge >= 0.3 is 5.97 Å². The fourth-order valence-electron chi connectivity index (χ4n) is 2.88. The van der Waals surface area contributed by atoms with Gasteiger partial charge in [-0.25, -0.2) is 0 Å². The van der Waals surface area contributed by atoms with Gasteiger partial charge in [0.2, 0.25) is 0 Å². The third-order valence-electron chi connectivity index (χ3n) is 4.26. The summed E-state index contributed by atoms with van der Waals surface area (Å²) in [4.78, 5) is 26.9. The summed E-state index contributed by atoms with van der Waals surface area (Å²) in [6.07, 6.45) is 3.37. The molecule has 0 radical (unpaired) electrons. The van der Waals surface area contributed by atoms with Gasteiger partial charge in [-0.05, 0) is 42.2 Å². The Hall–Kier alpha value is -2.79. The number of halogens is 1. The molecule has 140 valence electrons. The molecule has 1 aromatic heterocycles. The van der Waals surface area contributed by atoms with Crippen molar-refractivity contribution in [2.24, 2.45) is 0 Å². The van der Waals surface area contributed by atoms with E-state index in [-0.39, 0.29) is 24.9 Å². The Labute approximate surface area is 162 Å². The van der Waals surface area contributed by atoms with Gasteiger partial charge in [0.15, 0.2) is 6.61 Å². The number of H-pyrrole nitrogens is 1. The number of carbonyl (C=O) groups is 2. The highest BCUT2D eigenvalue weighted by Crippen LogP contribution is 2.19. The Bertz CT molecular complexity index is 936. The van der Waals surface area contributed by atoms with Gasteiger partial charge in [0, 0.05) is 35.1 Å². The molecule has 27 heavy (non-hydrogen) atoms. The number of fused-ring (bicyclic) bond motifs is 1. The minimum atomic E-state index is -0.384. The van der Waals surface area contributed by atoms with E-state index in [0.29, 0.717) is 24.4 Å². The van der Waals surface area contributed by atoms with E-state index in [4.69, 9.17) is 16.3 Å². The summed E-state index contributed by atoms with van der Waals surface area (Å²) in [7, 11) is 0. The average molecular weight is 385 g/mol. The van der Waals surface area contributed by atoms with E-state index in [2.05, 4.69) is 10.3 Å². The third-order valence-corrected chi connectivity index (χ3v) is 4.50. The van der Waals surface area contributed by atoms with Crippen molar-refractivity contribution in [2.45, 2.75) is 19.3 Å². The van der Waals surface area contributed by atoms with Crippen molar-refractivity contribution >= 4 is 34.4 Å². The van der Waals surface area contributed by atoms with Crippen molar-refractivity contribution in [1.29, 1.82) is 0 Å². The number of amides is 1. The van der Waals surface area contributed by atoms with E-state index in [0.717, 1.165) is 22.0 Å². The van der Waals surface area contributed by atoms with Gasteiger partial charge < -0.3 is 15.0 Å². The molecule has 0 bridgehead atoms. The fourth-order valence-corrected chi connectivity index (χ4v) is 3.10. The summed E-state index contributed by atoms with van der Waals surface area (Å²) in [6, 6.07) is 15.4. The van der Waals surface area contributed by atoms with E-state index < -0.39 is 0 Å². The van der Waals surface area contributed by atoms with Gasteiger partial charge in [0.25, 0.3) is 5.91 Å². The van der Waals surface area contributed by atoms with Crippen molar-refractivity contribution in [2.75, 3.05) is 13.2 Å². The highest BCUT2D eigenvalue weighted by molar-refractivity contribution is 6.30. The number of nitrogens with one attached hydrogen (secondary N) is 2. The number of rotatable bonds is 8. The molecule has 0 aliphatic carbocycles. The smallest absolute Gasteiger partial charge is 0.306 e. The zero-order valence-electron chi connectivity index (χ0n) is 14.8. The third kappa shape index (κ3) is 5.59. The topological polar surface area (TPSA) is 71.2 Å². The molecule has 0 unspecified atom stereocenters. The number of carbonyl (C=O) groups excluding carboxylic acids is 2. The molecule has 0 saturated heterocycles. The molecule has 1 amide bonds. The van der Waals surface area contributed by atoms with Crippen LogP contribution in [-0.4, -0.2) is 30.0 Å². The first kappa shape index (κ1) is 19.0. The van der Waals surface area contributed by atoms with Gasteiger partial charge in [-0.1, -0.05) is 41.9 Å². The number of hydrogen-bond donors (Lipinski definition) is 2. The Balaban J connectivity index is 1.35. The summed E-state index contributed by atoms with van der Waals surface area (Å²) in [5.74, 6) is -0.692. The van der Waals surface area contributed by atoms with Gasteiger partial charge in [-0.3, -0.25) is 9.59 Å². The van der Waals surface area contributed by atoms with Crippen molar-refractivity contribution in [3.8, 4) is 0 Å². The van der Waals surface area contributed by atoms with Gasteiger partial charge in [0.1, 0.15) is 0 Å². The van der Waals surface area contributed by atoms with Crippen LogP contribution in [0.25, 0.3) is 10.9 Å².